The molecule has 1 N–H and O–H groups in total. The molecule has 0 amide bonds. The van der Waals surface area contributed by atoms with Gasteiger partial charge in [-0.2, -0.15) is 5.10 Å². The number of hydrogen-bond donors (Lipinski definition) is 1. The van der Waals surface area contributed by atoms with E-state index < -0.39 is 0 Å². The molecule has 0 saturated carbocycles. The SMILES string of the molecule is CC(NCCc1ccn(C)n1)c1cccc2ccccc12. The minimum Gasteiger partial charge on any atom is -0.310 e. The fourth-order valence-corrected chi connectivity index (χ4v) is 2.75. The van der Waals surface area contributed by atoms with Gasteiger partial charge in [0.25, 0.3) is 0 Å². The Bertz CT molecular complexity index is 725. The maximum absolute atomic E-state index is 4.41. The zero-order valence-electron chi connectivity index (χ0n) is 12.6. The van der Waals surface area contributed by atoms with E-state index >= 15 is 0 Å². The van der Waals surface area contributed by atoms with Gasteiger partial charge in [0.1, 0.15) is 0 Å². The Morgan fingerprint density at radius 3 is 2.71 bits per heavy atom. The molecule has 3 nitrogen and oxygen atoms in total. The summed E-state index contributed by atoms with van der Waals surface area (Å²) in [7, 11) is 1.95. The highest BCUT2D eigenvalue weighted by Gasteiger charge is 2.08. The lowest BCUT2D eigenvalue weighted by molar-refractivity contribution is 0.574. The van der Waals surface area contributed by atoms with Gasteiger partial charge in [0, 0.05) is 32.3 Å². The van der Waals surface area contributed by atoms with Crippen LogP contribution in [0.5, 0.6) is 0 Å². The predicted octanol–water partition coefficient (Wildman–Crippen LogP) is 3.47. The summed E-state index contributed by atoms with van der Waals surface area (Å²) in [5, 5.41) is 10.6. The molecule has 0 bridgehead atoms. The Morgan fingerprint density at radius 1 is 1.10 bits per heavy atom. The van der Waals surface area contributed by atoms with Crippen LogP contribution in [-0.4, -0.2) is 16.3 Å². The second-order valence-corrected chi connectivity index (χ2v) is 5.47. The quantitative estimate of drug-likeness (QED) is 0.775. The lowest BCUT2D eigenvalue weighted by Gasteiger charge is -2.16. The molecule has 108 valence electrons. The number of aryl methyl sites for hydroxylation is 1. The van der Waals surface area contributed by atoms with Crippen LogP contribution in [0.4, 0.5) is 0 Å². The summed E-state index contributed by atoms with van der Waals surface area (Å²) in [5.74, 6) is 0. The maximum atomic E-state index is 4.41. The molecule has 0 spiro atoms. The monoisotopic (exact) mass is 279 g/mol. The largest absolute Gasteiger partial charge is 0.310 e. The van der Waals surface area contributed by atoms with Gasteiger partial charge in [-0.05, 0) is 29.3 Å². The summed E-state index contributed by atoms with van der Waals surface area (Å²) < 4.78 is 1.85. The summed E-state index contributed by atoms with van der Waals surface area (Å²) in [6.45, 7) is 3.15. The average molecular weight is 279 g/mol. The van der Waals surface area contributed by atoms with Crippen LogP contribution in [0.3, 0.4) is 0 Å². The van der Waals surface area contributed by atoms with Gasteiger partial charge in [0.15, 0.2) is 0 Å². The number of aromatic nitrogens is 2. The summed E-state index contributed by atoms with van der Waals surface area (Å²) in [4.78, 5) is 0. The Labute approximate surface area is 125 Å². The predicted molar refractivity (Wildman–Crippen MR) is 87.3 cm³/mol. The molecule has 3 heteroatoms. The molecule has 1 aromatic heterocycles. The second-order valence-electron chi connectivity index (χ2n) is 5.47. The number of benzene rings is 2. The molecule has 1 unspecified atom stereocenters. The standard InChI is InChI=1S/C18H21N3/c1-14(19-12-10-16-11-13-21(2)20-16)17-9-5-7-15-6-3-4-8-18(15)17/h3-9,11,13-14,19H,10,12H2,1-2H3. The Hall–Kier alpha value is -2.13. The lowest BCUT2D eigenvalue weighted by Crippen LogP contribution is -2.21. The minimum absolute atomic E-state index is 0.333. The van der Waals surface area contributed by atoms with E-state index in [0.717, 1.165) is 18.7 Å². The highest BCUT2D eigenvalue weighted by Crippen LogP contribution is 2.23. The molecule has 0 aliphatic rings. The van der Waals surface area contributed by atoms with Crippen molar-refractivity contribution in [2.24, 2.45) is 7.05 Å². The van der Waals surface area contributed by atoms with Gasteiger partial charge in [-0.25, -0.2) is 0 Å². The minimum atomic E-state index is 0.333. The van der Waals surface area contributed by atoms with Crippen molar-refractivity contribution < 1.29 is 0 Å². The summed E-state index contributed by atoms with van der Waals surface area (Å²) in [6.07, 6.45) is 2.94. The van der Waals surface area contributed by atoms with Crippen LogP contribution < -0.4 is 5.32 Å². The summed E-state index contributed by atoms with van der Waals surface area (Å²) >= 11 is 0. The summed E-state index contributed by atoms with van der Waals surface area (Å²) in [6, 6.07) is 17.5. The first-order chi connectivity index (χ1) is 10.2. The van der Waals surface area contributed by atoms with Crippen LogP contribution in [-0.2, 0) is 13.5 Å². The Kier molecular flexibility index (Phi) is 4.02. The highest BCUT2D eigenvalue weighted by atomic mass is 15.2. The average Bonchev–Trinajstić information content (AvgIpc) is 2.92. The normalized spacial score (nSPS) is 12.7. The van der Waals surface area contributed by atoms with Crippen molar-refractivity contribution in [3.63, 3.8) is 0 Å². The van der Waals surface area contributed by atoms with Crippen molar-refractivity contribution in [3.8, 4) is 0 Å². The van der Waals surface area contributed by atoms with E-state index in [-0.39, 0.29) is 0 Å². The molecule has 0 fully saturated rings. The molecular formula is C18H21N3. The third-order valence-corrected chi connectivity index (χ3v) is 3.89. The third-order valence-electron chi connectivity index (χ3n) is 3.89. The van der Waals surface area contributed by atoms with E-state index in [1.54, 1.807) is 0 Å². The van der Waals surface area contributed by atoms with Crippen molar-refractivity contribution in [1.82, 2.24) is 15.1 Å². The summed E-state index contributed by atoms with van der Waals surface area (Å²) in [5.41, 5.74) is 2.49. The van der Waals surface area contributed by atoms with Gasteiger partial charge >= 0.3 is 0 Å². The number of rotatable bonds is 5. The van der Waals surface area contributed by atoms with E-state index in [2.05, 4.69) is 65.9 Å². The fraction of sp³-hybridized carbons (Fsp3) is 0.278. The number of hydrogen-bond acceptors (Lipinski definition) is 2. The molecule has 3 aromatic rings. The molecule has 3 rings (SSSR count). The maximum Gasteiger partial charge on any atom is 0.0637 e. The van der Waals surface area contributed by atoms with Gasteiger partial charge < -0.3 is 5.32 Å². The number of nitrogens with one attached hydrogen (secondary N) is 1. The van der Waals surface area contributed by atoms with Gasteiger partial charge in [-0.15, -0.1) is 0 Å². The lowest BCUT2D eigenvalue weighted by atomic mass is 9.99. The van der Waals surface area contributed by atoms with Crippen molar-refractivity contribution in [2.75, 3.05) is 6.54 Å². The Morgan fingerprint density at radius 2 is 1.90 bits per heavy atom. The van der Waals surface area contributed by atoms with Crippen LogP contribution in [0, 0.1) is 0 Å². The van der Waals surface area contributed by atoms with E-state index in [0.29, 0.717) is 6.04 Å². The van der Waals surface area contributed by atoms with E-state index in [4.69, 9.17) is 0 Å². The van der Waals surface area contributed by atoms with Crippen LogP contribution in [0.1, 0.15) is 24.2 Å². The molecule has 1 atom stereocenters. The van der Waals surface area contributed by atoms with Crippen molar-refractivity contribution in [3.05, 3.63) is 66.0 Å². The van der Waals surface area contributed by atoms with Gasteiger partial charge in [-0.3, -0.25) is 4.68 Å². The first-order valence-electron chi connectivity index (χ1n) is 7.43. The first-order valence-corrected chi connectivity index (χ1v) is 7.43. The van der Waals surface area contributed by atoms with E-state index in [9.17, 15) is 0 Å². The van der Waals surface area contributed by atoms with Crippen molar-refractivity contribution >= 4 is 10.8 Å². The molecule has 0 radical (unpaired) electrons. The van der Waals surface area contributed by atoms with Gasteiger partial charge in [-0.1, -0.05) is 42.5 Å². The number of nitrogens with zero attached hydrogens (tertiary/aromatic N) is 2. The number of fused-ring (bicyclic) bond motifs is 1. The molecule has 0 aliphatic heterocycles. The van der Waals surface area contributed by atoms with Gasteiger partial charge in [0.2, 0.25) is 0 Å². The fourth-order valence-electron chi connectivity index (χ4n) is 2.75. The molecule has 0 saturated heterocycles. The zero-order valence-corrected chi connectivity index (χ0v) is 12.6. The highest BCUT2D eigenvalue weighted by molar-refractivity contribution is 5.86. The van der Waals surface area contributed by atoms with Crippen molar-refractivity contribution in [2.45, 2.75) is 19.4 Å². The zero-order chi connectivity index (χ0) is 14.7. The molecule has 1 heterocycles. The van der Waals surface area contributed by atoms with E-state index in [1.165, 1.54) is 16.3 Å². The molecule has 0 aliphatic carbocycles. The first kappa shape index (κ1) is 13.8. The molecule has 2 aromatic carbocycles. The molecule has 21 heavy (non-hydrogen) atoms. The topological polar surface area (TPSA) is 29.9 Å². The van der Waals surface area contributed by atoms with E-state index in [1.807, 2.05) is 17.9 Å². The van der Waals surface area contributed by atoms with Crippen LogP contribution in [0.2, 0.25) is 0 Å². The smallest absolute Gasteiger partial charge is 0.0637 e. The van der Waals surface area contributed by atoms with Crippen LogP contribution in [0.15, 0.2) is 54.7 Å². The Balaban J connectivity index is 1.68. The second kappa shape index (κ2) is 6.10. The van der Waals surface area contributed by atoms with Crippen molar-refractivity contribution in [1.29, 1.82) is 0 Å². The molecular weight excluding hydrogens is 258 g/mol. The third kappa shape index (κ3) is 3.14. The van der Waals surface area contributed by atoms with Crippen LogP contribution >= 0.6 is 0 Å². The van der Waals surface area contributed by atoms with Gasteiger partial charge in [0.05, 0.1) is 5.69 Å². The van der Waals surface area contributed by atoms with Crippen LogP contribution in [0.25, 0.3) is 10.8 Å².